The van der Waals surface area contributed by atoms with Gasteiger partial charge in [0.05, 0.1) is 7.11 Å². The molecule has 0 amide bonds. The van der Waals surface area contributed by atoms with E-state index in [4.69, 9.17) is 14.2 Å². The Bertz CT molecular complexity index is 900. The summed E-state index contributed by atoms with van der Waals surface area (Å²) in [6, 6.07) is 12.1. The van der Waals surface area contributed by atoms with Crippen molar-refractivity contribution in [1.29, 1.82) is 0 Å². The summed E-state index contributed by atoms with van der Waals surface area (Å²) < 4.78 is 16.6. The summed E-state index contributed by atoms with van der Waals surface area (Å²) in [6.45, 7) is 1.26. The summed E-state index contributed by atoms with van der Waals surface area (Å²) in [7, 11) is 1.66. The van der Waals surface area contributed by atoms with Crippen molar-refractivity contribution in [3.63, 3.8) is 0 Å². The van der Waals surface area contributed by atoms with Gasteiger partial charge in [0.2, 0.25) is 0 Å². The topological polar surface area (TPSA) is 65.1 Å². The van der Waals surface area contributed by atoms with Gasteiger partial charge in [0.15, 0.2) is 0 Å². The monoisotopic (exact) mass is 367 g/mol. The van der Waals surface area contributed by atoms with Crippen molar-refractivity contribution in [2.45, 2.75) is 25.2 Å². The molecule has 0 bridgehead atoms. The minimum absolute atomic E-state index is 0.471. The van der Waals surface area contributed by atoms with Gasteiger partial charge >= 0.3 is 17.8 Å². The molecule has 0 unspecified atom stereocenters. The second-order valence-corrected chi connectivity index (χ2v) is 6.70. The van der Waals surface area contributed by atoms with Crippen LogP contribution in [0.25, 0.3) is 10.8 Å². The van der Waals surface area contributed by atoms with Gasteiger partial charge in [0.25, 0.3) is 0 Å². The first kappa shape index (κ1) is 17.5. The second-order valence-electron chi connectivity index (χ2n) is 6.70. The van der Waals surface area contributed by atoms with Crippen LogP contribution in [0.3, 0.4) is 0 Å². The SMILES string of the molecule is COc1ccc2ccccc2c1CCN1CCCC12OC(=O)C=CC(=O)O2. The molecule has 2 heterocycles. The summed E-state index contributed by atoms with van der Waals surface area (Å²) in [4.78, 5) is 25.7. The summed E-state index contributed by atoms with van der Waals surface area (Å²) in [5.41, 5.74) is 1.09. The third-order valence-corrected chi connectivity index (χ3v) is 5.13. The number of nitrogens with zero attached hydrogens (tertiary/aromatic N) is 1. The maximum atomic E-state index is 11.9. The number of ether oxygens (including phenoxy) is 3. The van der Waals surface area contributed by atoms with Crippen molar-refractivity contribution in [2.75, 3.05) is 20.2 Å². The predicted molar refractivity (Wildman–Crippen MR) is 99.1 cm³/mol. The number of carbonyl (C=O) groups is 2. The fraction of sp³-hybridized carbons (Fsp3) is 0.333. The van der Waals surface area contributed by atoms with Gasteiger partial charge in [-0.2, -0.15) is 0 Å². The molecule has 2 aromatic rings. The largest absolute Gasteiger partial charge is 0.496 e. The van der Waals surface area contributed by atoms with E-state index in [2.05, 4.69) is 12.1 Å². The zero-order valence-corrected chi connectivity index (χ0v) is 15.1. The van der Waals surface area contributed by atoms with Gasteiger partial charge in [-0.3, -0.25) is 0 Å². The Morgan fingerprint density at radius 2 is 1.81 bits per heavy atom. The maximum Gasteiger partial charge on any atom is 0.335 e. The van der Waals surface area contributed by atoms with E-state index >= 15 is 0 Å². The van der Waals surface area contributed by atoms with Crippen LogP contribution in [0, 0.1) is 0 Å². The van der Waals surface area contributed by atoms with Gasteiger partial charge in [-0.15, -0.1) is 0 Å². The molecule has 27 heavy (non-hydrogen) atoms. The molecule has 0 radical (unpaired) electrons. The molecule has 1 fully saturated rings. The van der Waals surface area contributed by atoms with Crippen LogP contribution in [0.15, 0.2) is 48.6 Å². The normalized spacial score (nSPS) is 19.1. The zero-order valence-electron chi connectivity index (χ0n) is 15.1. The lowest BCUT2D eigenvalue weighted by atomic mass is 10.0. The van der Waals surface area contributed by atoms with Crippen molar-refractivity contribution < 1.29 is 23.8 Å². The first-order valence-corrected chi connectivity index (χ1v) is 9.05. The third-order valence-electron chi connectivity index (χ3n) is 5.13. The molecule has 1 saturated heterocycles. The molecule has 6 heteroatoms. The highest BCUT2D eigenvalue weighted by Crippen LogP contribution is 2.35. The molecule has 0 aromatic heterocycles. The van der Waals surface area contributed by atoms with Crippen LogP contribution in [0.1, 0.15) is 18.4 Å². The highest BCUT2D eigenvalue weighted by Gasteiger charge is 2.48. The lowest BCUT2D eigenvalue weighted by molar-refractivity contribution is -0.268. The molecule has 2 aliphatic heterocycles. The summed E-state index contributed by atoms with van der Waals surface area (Å²) in [5.74, 6) is -1.61. The van der Waals surface area contributed by atoms with Gasteiger partial charge < -0.3 is 14.2 Å². The number of methoxy groups -OCH3 is 1. The minimum atomic E-state index is -1.31. The van der Waals surface area contributed by atoms with Crippen LogP contribution >= 0.6 is 0 Å². The van der Waals surface area contributed by atoms with Crippen molar-refractivity contribution in [2.24, 2.45) is 0 Å². The fourth-order valence-electron chi connectivity index (χ4n) is 3.89. The van der Waals surface area contributed by atoms with Crippen LogP contribution in [0.4, 0.5) is 0 Å². The molecule has 1 spiro atoms. The number of hydrogen-bond acceptors (Lipinski definition) is 6. The van der Waals surface area contributed by atoms with E-state index in [0.717, 1.165) is 40.7 Å². The molecular formula is C21H21NO5. The third kappa shape index (κ3) is 3.28. The fourth-order valence-corrected chi connectivity index (χ4v) is 3.89. The Morgan fingerprint density at radius 3 is 2.56 bits per heavy atom. The van der Waals surface area contributed by atoms with Crippen molar-refractivity contribution >= 4 is 22.7 Å². The predicted octanol–water partition coefficient (Wildman–Crippen LogP) is 2.80. The molecule has 0 aliphatic carbocycles. The molecule has 140 valence electrons. The lowest BCUT2D eigenvalue weighted by Gasteiger charge is -2.35. The Labute approximate surface area is 157 Å². The summed E-state index contributed by atoms with van der Waals surface area (Å²) >= 11 is 0. The number of fused-ring (bicyclic) bond motifs is 1. The highest BCUT2D eigenvalue weighted by atomic mass is 16.8. The number of likely N-dealkylation sites (tertiary alicyclic amines) is 1. The van der Waals surface area contributed by atoms with E-state index in [9.17, 15) is 9.59 Å². The van der Waals surface area contributed by atoms with E-state index < -0.39 is 17.8 Å². The average Bonchev–Trinajstić information content (AvgIpc) is 2.98. The number of benzene rings is 2. The Balaban J connectivity index is 1.61. The summed E-state index contributed by atoms with van der Waals surface area (Å²) in [5, 5.41) is 2.27. The van der Waals surface area contributed by atoms with Crippen molar-refractivity contribution in [3.05, 3.63) is 54.1 Å². The molecular weight excluding hydrogens is 346 g/mol. The van der Waals surface area contributed by atoms with Gasteiger partial charge in [0.1, 0.15) is 5.75 Å². The van der Waals surface area contributed by atoms with E-state index in [1.165, 1.54) is 0 Å². The van der Waals surface area contributed by atoms with Crippen molar-refractivity contribution in [1.82, 2.24) is 4.90 Å². The van der Waals surface area contributed by atoms with Crippen LogP contribution in [-0.2, 0) is 25.5 Å². The van der Waals surface area contributed by atoms with Crippen LogP contribution in [0.5, 0.6) is 5.75 Å². The number of hydrogen-bond donors (Lipinski definition) is 0. The molecule has 6 nitrogen and oxygen atoms in total. The number of rotatable bonds is 4. The minimum Gasteiger partial charge on any atom is -0.496 e. The smallest absolute Gasteiger partial charge is 0.335 e. The van der Waals surface area contributed by atoms with E-state index in [1.54, 1.807) is 7.11 Å². The number of esters is 2. The Morgan fingerprint density at radius 1 is 1.07 bits per heavy atom. The molecule has 0 atom stereocenters. The maximum absolute atomic E-state index is 11.9. The van der Waals surface area contributed by atoms with Gasteiger partial charge in [-0.1, -0.05) is 30.3 Å². The van der Waals surface area contributed by atoms with Crippen LogP contribution in [-0.4, -0.2) is 42.9 Å². The molecule has 2 aromatic carbocycles. The zero-order chi connectivity index (χ0) is 18.9. The van der Waals surface area contributed by atoms with E-state index in [1.807, 2.05) is 29.2 Å². The molecule has 0 N–H and O–H groups in total. The van der Waals surface area contributed by atoms with E-state index in [-0.39, 0.29) is 0 Å². The first-order valence-electron chi connectivity index (χ1n) is 9.05. The van der Waals surface area contributed by atoms with Crippen LogP contribution < -0.4 is 4.74 Å². The standard InChI is InChI=1S/C21H21NO5/c1-25-18-8-7-15-5-2-3-6-16(15)17(18)11-14-22-13-4-12-21(22)26-19(23)9-10-20(24)27-21/h2-3,5-10H,4,11-14H2,1H3. The average molecular weight is 367 g/mol. The number of carbonyl (C=O) groups excluding carboxylic acids is 2. The Kier molecular flexibility index (Phi) is 4.58. The molecule has 4 rings (SSSR count). The molecule has 0 saturated carbocycles. The van der Waals surface area contributed by atoms with Crippen molar-refractivity contribution in [3.8, 4) is 5.75 Å². The van der Waals surface area contributed by atoms with Gasteiger partial charge in [-0.25, -0.2) is 14.5 Å². The highest BCUT2D eigenvalue weighted by molar-refractivity contribution is 5.93. The quantitative estimate of drug-likeness (QED) is 0.775. The lowest BCUT2D eigenvalue weighted by Crippen LogP contribution is -2.50. The van der Waals surface area contributed by atoms with Gasteiger partial charge in [0, 0.05) is 37.2 Å². The second kappa shape index (κ2) is 7.04. The first-order chi connectivity index (χ1) is 13.1. The Hall–Kier alpha value is -2.86. The van der Waals surface area contributed by atoms with Crippen LogP contribution in [0.2, 0.25) is 0 Å². The summed E-state index contributed by atoms with van der Waals surface area (Å²) in [6.07, 6.45) is 4.16. The van der Waals surface area contributed by atoms with Gasteiger partial charge in [-0.05, 0) is 29.7 Å². The van der Waals surface area contributed by atoms with E-state index in [0.29, 0.717) is 25.9 Å². The molecule has 2 aliphatic rings.